The Labute approximate surface area is 145 Å². The number of carbonyl (C=O) groups is 1. The average Bonchev–Trinajstić information content (AvgIpc) is 2.54. The molecular formula is C18H28N2O3S. The molecular weight excluding hydrogens is 324 g/mol. The first-order chi connectivity index (χ1) is 11.2. The second-order valence-corrected chi connectivity index (χ2v) is 7.97. The van der Waals surface area contributed by atoms with Gasteiger partial charge in [0.2, 0.25) is 15.9 Å². The molecule has 6 heteroatoms. The molecule has 1 aromatic rings. The van der Waals surface area contributed by atoms with Crippen LogP contribution in [0.5, 0.6) is 0 Å². The van der Waals surface area contributed by atoms with Crippen molar-refractivity contribution in [2.75, 3.05) is 13.1 Å². The summed E-state index contributed by atoms with van der Waals surface area (Å²) in [5, 5.41) is 2.89. The van der Waals surface area contributed by atoms with Crippen molar-refractivity contribution in [1.29, 1.82) is 0 Å². The van der Waals surface area contributed by atoms with E-state index in [1.807, 2.05) is 34.6 Å². The highest BCUT2D eigenvalue weighted by molar-refractivity contribution is 7.89. The van der Waals surface area contributed by atoms with Crippen LogP contribution >= 0.6 is 0 Å². The molecule has 0 bridgehead atoms. The van der Waals surface area contributed by atoms with Crippen LogP contribution in [0.1, 0.15) is 40.2 Å². The minimum Gasteiger partial charge on any atom is -0.350 e. The Morgan fingerprint density at radius 2 is 1.67 bits per heavy atom. The van der Waals surface area contributed by atoms with Crippen molar-refractivity contribution in [3.63, 3.8) is 0 Å². The average molecular weight is 353 g/mol. The number of carbonyl (C=O) groups excluding carboxylic acids is 1. The topological polar surface area (TPSA) is 66.5 Å². The summed E-state index contributed by atoms with van der Waals surface area (Å²) < 4.78 is 26.2. The summed E-state index contributed by atoms with van der Waals surface area (Å²) in [5.41, 5.74) is 0.779. The summed E-state index contributed by atoms with van der Waals surface area (Å²) in [4.78, 5) is 12.1. The van der Waals surface area contributed by atoms with E-state index in [1.54, 1.807) is 30.3 Å². The minimum atomic E-state index is -3.44. The van der Waals surface area contributed by atoms with Crippen molar-refractivity contribution in [3.8, 4) is 0 Å². The van der Waals surface area contributed by atoms with E-state index in [1.165, 1.54) is 10.4 Å². The molecule has 1 aromatic carbocycles. The summed E-state index contributed by atoms with van der Waals surface area (Å²) in [6.07, 6.45) is 3.14. The monoisotopic (exact) mass is 352 g/mol. The molecule has 0 heterocycles. The zero-order chi connectivity index (χ0) is 18.3. The van der Waals surface area contributed by atoms with Crippen LogP contribution in [0.2, 0.25) is 0 Å². The molecule has 0 saturated carbocycles. The Balaban J connectivity index is 2.81. The van der Waals surface area contributed by atoms with Gasteiger partial charge >= 0.3 is 0 Å². The molecule has 0 aromatic heterocycles. The van der Waals surface area contributed by atoms with E-state index < -0.39 is 10.0 Å². The van der Waals surface area contributed by atoms with Crippen molar-refractivity contribution in [3.05, 3.63) is 35.9 Å². The van der Waals surface area contributed by atoms with Crippen molar-refractivity contribution in [2.24, 2.45) is 5.92 Å². The van der Waals surface area contributed by atoms with Crippen LogP contribution < -0.4 is 5.32 Å². The molecule has 24 heavy (non-hydrogen) atoms. The van der Waals surface area contributed by atoms with Crippen LogP contribution in [0.25, 0.3) is 6.08 Å². The molecule has 1 atom stereocenters. The van der Waals surface area contributed by atoms with E-state index in [-0.39, 0.29) is 16.8 Å². The lowest BCUT2D eigenvalue weighted by atomic mass is 10.1. The molecule has 1 amide bonds. The molecule has 0 radical (unpaired) electrons. The highest BCUT2D eigenvalue weighted by Crippen LogP contribution is 2.16. The van der Waals surface area contributed by atoms with E-state index in [2.05, 4.69) is 5.32 Å². The van der Waals surface area contributed by atoms with Crippen molar-refractivity contribution in [1.82, 2.24) is 9.62 Å². The second-order valence-electron chi connectivity index (χ2n) is 6.03. The van der Waals surface area contributed by atoms with Crippen LogP contribution in [0, 0.1) is 5.92 Å². The normalized spacial score (nSPS) is 13.6. The molecule has 134 valence electrons. The molecule has 1 rings (SSSR count). The van der Waals surface area contributed by atoms with Gasteiger partial charge in [0.05, 0.1) is 4.90 Å². The lowest BCUT2D eigenvalue weighted by molar-refractivity contribution is -0.117. The van der Waals surface area contributed by atoms with Crippen LogP contribution in [-0.4, -0.2) is 37.8 Å². The summed E-state index contributed by atoms with van der Waals surface area (Å²) in [6, 6.07) is 6.64. The number of sulfonamides is 1. The standard InChI is InChI=1S/C18H28N2O3S/c1-6-20(7-2)24(22,23)17-11-8-16(9-12-17)10-13-18(21)19-15(5)14(3)4/h8-15H,6-7H2,1-5H3,(H,19,21)/b13-10+. The first-order valence-electron chi connectivity index (χ1n) is 8.31. The van der Waals surface area contributed by atoms with Gasteiger partial charge in [-0.2, -0.15) is 4.31 Å². The third kappa shape index (κ3) is 5.46. The van der Waals surface area contributed by atoms with Crippen LogP contribution in [0.4, 0.5) is 0 Å². The predicted octanol–water partition coefficient (Wildman–Crippen LogP) is 2.89. The van der Waals surface area contributed by atoms with Crippen molar-refractivity contribution < 1.29 is 13.2 Å². The van der Waals surface area contributed by atoms with Gasteiger partial charge in [-0.25, -0.2) is 8.42 Å². The molecule has 0 aliphatic carbocycles. The van der Waals surface area contributed by atoms with Gasteiger partial charge in [0.15, 0.2) is 0 Å². The van der Waals surface area contributed by atoms with Gasteiger partial charge in [-0.1, -0.05) is 39.8 Å². The van der Waals surface area contributed by atoms with E-state index in [4.69, 9.17) is 0 Å². The Bertz CT molecular complexity index is 660. The fraction of sp³-hybridized carbons (Fsp3) is 0.500. The minimum absolute atomic E-state index is 0.101. The number of nitrogens with zero attached hydrogens (tertiary/aromatic N) is 1. The molecule has 0 saturated heterocycles. The molecule has 1 unspecified atom stereocenters. The summed E-state index contributed by atoms with van der Waals surface area (Å²) >= 11 is 0. The first kappa shape index (κ1) is 20.4. The number of benzene rings is 1. The van der Waals surface area contributed by atoms with Crippen LogP contribution in [0.3, 0.4) is 0 Å². The van der Waals surface area contributed by atoms with Gasteiger partial charge in [0.25, 0.3) is 0 Å². The number of amides is 1. The number of hydrogen-bond acceptors (Lipinski definition) is 3. The summed E-state index contributed by atoms with van der Waals surface area (Å²) in [6.45, 7) is 10.6. The third-order valence-electron chi connectivity index (χ3n) is 4.02. The Hall–Kier alpha value is -1.66. The zero-order valence-electron chi connectivity index (χ0n) is 15.1. The van der Waals surface area contributed by atoms with E-state index >= 15 is 0 Å². The first-order valence-corrected chi connectivity index (χ1v) is 9.75. The highest BCUT2D eigenvalue weighted by atomic mass is 32.2. The van der Waals surface area contributed by atoms with Crippen LogP contribution in [0.15, 0.2) is 35.2 Å². The van der Waals surface area contributed by atoms with Gasteiger partial charge in [-0.15, -0.1) is 0 Å². The lowest BCUT2D eigenvalue weighted by Gasteiger charge is -2.18. The maximum absolute atomic E-state index is 12.4. The SMILES string of the molecule is CCN(CC)S(=O)(=O)c1ccc(/C=C/C(=O)NC(C)C(C)C)cc1. The lowest BCUT2D eigenvalue weighted by Crippen LogP contribution is -2.34. The van der Waals surface area contributed by atoms with Crippen molar-refractivity contribution in [2.45, 2.75) is 45.6 Å². The Morgan fingerprint density at radius 3 is 2.12 bits per heavy atom. The van der Waals surface area contributed by atoms with Gasteiger partial charge in [-0.3, -0.25) is 4.79 Å². The number of nitrogens with one attached hydrogen (secondary N) is 1. The summed E-state index contributed by atoms with van der Waals surface area (Å²) in [7, 11) is -3.44. The van der Waals surface area contributed by atoms with Crippen LogP contribution in [-0.2, 0) is 14.8 Å². The van der Waals surface area contributed by atoms with Gasteiger partial charge in [-0.05, 0) is 36.6 Å². The maximum atomic E-state index is 12.4. The molecule has 1 N–H and O–H groups in total. The maximum Gasteiger partial charge on any atom is 0.244 e. The fourth-order valence-corrected chi connectivity index (χ4v) is 3.53. The zero-order valence-corrected chi connectivity index (χ0v) is 15.9. The Morgan fingerprint density at radius 1 is 1.12 bits per heavy atom. The predicted molar refractivity (Wildman–Crippen MR) is 98.0 cm³/mol. The largest absolute Gasteiger partial charge is 0.350 e. The van der Waals surface area contributed by atoms with E-state index in [9.17, 15) is 13.2 Å². The second kappa shape index (κ2) is 8.99. The summed E-state index contributed by atoms with van der Waals surface area (Å²) in [5.74, 6) is 0.211. The highest BCUT2D eigenvalue weighted by Gasteiger charge is 2.20. The molecule has 0 fully saturated rings. The number of rotatable bonds is 8. The molecule has 0 aliphatic rings. The molecule has 0 spiro atoms. The molecule has 0 aliphatic heterocycles. The van der Waals surface area contributed by atoms with Crippen molar-refractivity contribution >= 4 is 22.0 Å². The van der Waals surface area contributed by atoms with Gasteiger partial charge in [0.1, 0.15) is 0 Å². The molecule has 5 nitrogen and oxygen atoms in total. The quantitative estimate of drug-likeness (QED) is 0.732. The Kier molecular flexibility index (Phi) is 7.63. The van der Waals surface area contributed by atoms with E-state index in [0.29, 0.717) is 19.0 Å². The smallest absolute Gasteiger partial charge is 0.244 e. The van der Waals surface area contributed by atoms with E-state index in [0.717, 1.165) is 5.56 Å². The third-order valence-corrected chi connectivity index (χ3v) is 6.08. The van der Waals surface area contributed by atoms with Gasteiger partial charge in [0, 0.05) is 25.2 Å². The van der Waals surface area contributed by atoms with Gasteiger partial charge < -0.3 is 5.32 Å². The number of hydrogen-bond donors (Lipinski definition) is 1. The fourth-order valence-electron chi connectivity index (χ4n) is 2.07.